The third-order valence-corrected chi connectivity index (χ3v) is 4.80. The first kappa shape index (κ1) is 16.8. The lowest BCUT2D eigenvalue weighted by molar-refractivity contribution is 0.0302. The van der Waals surface area contributed by atoms with Crippen molar-refractivity contribution in [2.24, 2.45) is 0 Å². The molecule has 1 aromatic rings. The topological polar surface area (TPSA) is 70.7 Å². The van der Waals surface area contributed by atoms with Crippen molar-refractivity contribution in [3.63, 3.8) is 0 Å². The number of benzene rings is 1. The number of amides is 3. The maximum atomic E-state index is 12.7. The van der Waals surface area contributed by atoms with E-state index < -0.39 is 0 Å². The minimum absolute atomic E-state index is 0.00403. The Labute approximate surface area is 142 Å². The van der Waals surface area contributed by atoms with E-state index in [9.17, 15) is 9.59 Å². The standard InChI is InChI=1S/C18H25N3O3/c1-13-15(17(22)21-9-11-24-12-10-21)7-4-8-16(13)20-18(23)19-14-5-2-3-6-14/h4,7-8,14H,2-3,5-6,9-12H2,1H3,(H2,19,20,23). The largest absolute Gasteiger partial charge is 0.378 e. The lowest BCUT2D eigenvalue weighted by Crippen LogP contribution is -2.41. The van der Waals surface area contributed by atoms with Crippen LogP contribution in [0, 0.1) is 6.92 Å². The average molecular weight is 331 g/mol. The SMILES string of the molecule is Cc1c(NC(=O)NC2CCCC2)cccc1C(=O)N1CCOCC1. The Morgan fingerprint density at radius 1 is 1.17 bits per heavy atom. The summed E-state index contributed by atoms with van der Waals surface area (Å²) >= 11 is 0. The van der Waals surface area contributed by atoms with Gasteiger partial charge in [-0.1, -0.05) is 18.9 Å². The van der Waals surface area contributed by atoms with E-state index in [0.29, 0.717) is 37.6 Å². The van der Waals surface area contributed by atoms with Gasteiger partial charge in [0.2, 0.25) is 0 Å². The van der Waals surface area contributed by atoms with Crippen LogP contribution < -0.4 is 10.6 Å². The summed E-state index contributed by atoms with van der Waals surface area (Å²) in [7, 11) is 0. The molecule has 3 amide bonds. The number of hydrogen-bond acceptors (Lipinski definition) is 3. The molecule has 0 spiro atoms. The molecule has 1 saturated carbocycles. The first-order chi connectivity index (χ1) is 11.6. The minimum atomic E-state index is -0.194. The summed E-state index contributed by atoms with van der Waals surface area (Å²) in [4.78, 5) is 26.6. The highest BCUT2D eigenvalue weighted by atomic mass is 16.5. The lowest BCUT2D eigenvalue weighted by Gasteiger charge is -2.27. The van der Waals surface area contributed by atoms with Crippen LogP contribution in [0.2, 0.25) is 0 Å². The summed E-state index contributed by atoms with van der Waals surface area (Å²) < 4.78 is 5.30. The number of carbonyl (C=O) groups excluding carboxylic acids is 2. The van der Waals surface area contributed by atoms with Gasteiger partial charge in [-0.05, 0) is 37.5 Å². The van der Waals surface area contributed by atoms with Gasteiger partial charge in [-0.3, -0.25) is 4.79 Å². The Morgan fingerprint density at radius 2 is 1.88 bits per heavy atom. The smallest absolute Gasteiger partial charge is 0.319 e. The Hall–Kier alpha value is -2.08. The van der Waals surface area contributed by atoms with Crippen LogP contribution >= 0.6 is 0 Å². The van der Waals surface area contributed by atoms with Crippen molar-refractivity contribution in [1.29, 1.82) is 0 Å². The van der Waals surface area contributed by atoms with Gasteiger partial charge in [-0.15, -0.1) is 0 Å². The van der Waals surface area contributed by atoms with Crippen molar-refractivity contribution in [3.8, 4) is 0 Å². The van der Waals surface area contributed by atoms with Crippen LogP contribution in [-0.4, -0.2) is 49.2 Å². The molecule has 24 heavy (non-hydrogen) atoms. The third kappa shape index (κ3) is 3.87. The van der Waals surface area contributed by atoms with Gasteiger partial charge in [0.1, 0.15) is 0 Å². The Bertz CT molecular complexity index is 606. The molecular formula is C18H25N3O3. The van der Waals surface area contributed by atoms with Gasteiger partial charge >= 0.3 is 6.03 Å². The second-order valence-corrected chi connectivity index (χ2v) is 6.46. The fourth-order valence-corrected chi connectivity index (χ4v) is 3.35. The number of ether oxygens (including phenoxy) is 1. The number of hydrogen-bond donors (Lipinski definition) is 2. The van der Waals surface area contributed by atoms with Crippen LogP contribution in [0.3, 0.4) is 0 Å². The van der Waals surface area contributed by atoms with E-state index in [1.807, 2.05) is 25.1 Å². The first-order valence-electron chi connectivity index (χ1n) is 8.69. The molecule has 2 N–H and O–H groups in total. The second kappa shape index (κ2) is 7.66. The molecule has 0 bridgehead atoms. The van der Waals surface area contributed by atoms with Crippen LogP contribution in [-0.2, 0) is 4.74 Å². The van der Waals surface area contributed by atoms with Gasteiger partial charge in [0.05, 0.1) is 13.2 Å². The van der Waals surface area contributed by atoms with E-state index in [-0.39, 0.29) is 18.0 Å². The van der Waals surface area contributed by atoms with Crippen LogP contribution in [0.5, 0.6) is 0 Å². The number of nitrogens with zero attached hydrogens (tertiary/aromatic N) is 1. The molecule has 1 aromatic carbocycles. The van der Waals surface area contributed by atoms with Crippen molar-refractivity contribution in [2.75, 3.05) is 31.6 Å². The molecule has 2 fully saturated rings. The summed E-state index contributed by atoms with van der Waals surface area (Å²) in [5.74, 6) is -0.00403. The zero-order valence-corrected chi connectivity index (χ0v) is 14.1. The first-order valence-corrected chi connectivity index (χ1v) is 8.69. The minimum Gasteiger partial charge on any atom is -0.378 e. The molecule has 6 nitrogen and oxygen atoms in total. The monoisotopic (exact) mass is 331 g/mol. The zero-order chi connectivity index (χ0) is 16.9. The molecule has 6 heteroatoms. The third-order valence-electron chi connectivity index (χ3n) is 4.80. The molecule has 1 heterocycles. The van der Waals surface area contributed by atoms with E-state index in [2.05, 4.69) is 10.6 Å². The van der Waals surface area contributed by atoms with Crippen molar-refractivity contribution >= 4 is 17.6 Å². The van der Waals surface area contributed by atoms with E-state index >= 15 is 0 Å². The van der Waals surface area contributed by atoms with Crippen LogP contribution in [0.4, 0.5) is 10.5 Å². The quantitative estimate of drug-likeness (QED) is 0.894. The van der Waals surface area contributed by atoms with Crippen molar-refractivity contribution in [1.82, 2.24) is 10.2 Å². The molecule has 1 saturated heterocycles. The predicted molar refractivity (Wildman–Crippen MR) is 92.3 cm³/mol. The van der Waals surface area contributed by atoms with Gasteiger partial charge in [0.25, 0.3) is 5.91 Å². The second-order valence-electron chi connectivity index (χ2n) is 6.46. The van der Waals surface area contributed by atoms with E-state index in [1.54, 1.807) is 4.90 Å². The molecule has 130 valence electrons. The van der Waals surface area contributed by atoms with Gasteiger partial charge in [-0.2, -0.15) is 0 Å². The maximum Gasteiger partial charge on any atom is 0.319 e. The van der Waals surface area contributed by atoms with Gasteiger partial charge in [0, 0.05) is 30.4 Å². The van der Waals surface area contributed by atoms with Crippen LogP contribution in [0.25, 0.3) is 0 Å². The summed E-state index contributed by atoms with van der Waals surface area (Å²) in [6.07, 6.45) is 4.44. The Kier molecular flexibility index (Phi) is 5.35. The number of anilines is 1. The number of carbonyl (C=O) groups is 2. The highest BCUT2D eigenvalue weighted by molar-refractivity contribution is 5.99. The molecule has 0 radical (unpaired) electrons. The fourth-order valence-electron chi connectivity index (χ4n) is 3.35. The molecule has 2 aliphatic rings. The summed E-state index contributed by atoms with van der Waals surface area (Å²) in [6, 6.07) is 5.53. The fraction of sp³-hybridized carbons (Fsp3) is 0.556. The number of urea groups is 1. The highest BCUT2D eigenvalue weighted by Gasteiger charge is 2.22. The highest BCUT2D eigenvalue weighted by Crippen LogP contribution is 2.22. The molecule has 1 aliphatic carbocycles. The Morgan fingerprint density at radius 3 is 2.58 bits per heavy atom. The number of morpholine rings is 1. The van der Waals surface area contributed by atoms with Gasteiger partial charge in [-0.25, -0.2) is 4.79 Å². The molecule has 1 aliphatic heterocycles. The molecule has 0 atom stereocenters. The number of rotatable bonds is 3. The maximum absolute atomic E-state index is 12.7. The molecule has 0 unspecified atom stereocenters. The predicted octanol–water partition coefficient (Wildman–Crippen LogP) is 2.53. The Balaban J connectivity index is 1.68. The summed E-state index contributed by atoms with van der Waals surface area (Å²) in [6.45, 7) is 4.24. The summed E-state index contributed by atoms with van der Waals surface area (Å²) in [5, 5.41) is 5.89. The van der Waals surface area contributed by atoms with E-state index in [4.69, 9.17) is 4.74 Å². The van der Waals surface area contributed by atoms with E-state index in [0.717, 1.165) is 18.4 Å². The van der Waals surface area contributed by atoms with Crippen molar-refractivity contribution in [3.05, 3.63) is 29.3 Å². The molecule has 3 rings (SSSR count). The van der Waals surface area contributed by atoms with Crippen molar-refractivity contribution in [2.45, 2.75) is 38.6 Å². The van der Waals surface area contributed by atoms with Gasteiger partial charge in [0.15, 0.2) is 0 Å². The average Bonchev–Trinajstić information content (AvgIpc) is 3.10. The number of nitrogens with one attached hydrogen (secondary N) is 2. The van der Waals surface area contributed by atoms with E-state index in [1.165, 1.54) is 12.8 Å². The molecular weight excluding hydrogens is 306 g/mol. The lowest BCUT2D eigenvalue weighted by atomic mass is 10.1. The van der Waals surface area contributed by atoms with Crippen LogP contribution in [0.15, 0.2) is 18.2 Å². The van der Waals surface area contributed by atoms with Crippen molar-refractivity contribution < 1.29 is 14.3 Å². The summed E-state index contributed by atoms with van der Waals surface area (Å²) in [5.41, 5.74) is 2.12. The van der Waals surface area contributed by atoms with Gasteiger partial charge < -0.3 is 20.3 Å². The zero-order valence-electron chi connectivity index (χ0n) is 14.1. The normalized spacial score (nSPS) is 18.5. The molecule has 0 aromatic heterocycles. The van der Waals surface area contributed by atoms with Crippen LogP contribution in [0.1, 0.15) is 41.6 Å².